The first-order valence-corrected chi connectivity index (χ1v) is 12.4. The first kappa shape index (κ1) is 24.6. The minimum Gasteiger partial charge on any atom is -0.406 e. The molecule has 1 amide bonds. The van der Waals surface area contributed by atoms with Gasteiger partial charge in [-0.2, -0.15) is 4.68 Å². The number of ether oxygens (including phenoxy) is 1. The van der Waals surface area contributed by atoms with Crippen molar-refractivity contribution in [3.63, 3.8) is 0 Å². The van der Waals surface area contributed by atoms with E-state index in [1.807, 2.05) is 0 Å². The highest BCUT2D eigenvalue weighted by molar-refractivity contribution is 7.90. The van der Waals surface area contributed by atoms with E-state index in [2.05, 4.69) is 30.1 Å². The van der Waals surface area contributed by atoms with Crippen LogP contribution in [0.25, 0.3) is 5.82 Å². The molecule has 1 N–H and O–H groups in total. The third-order valence-electron chi connectivity index (χ3n) is 5.11. The summed E-state index contributed by atoms with van der Waals surface area (Å²) in [7, 11) is -3.93. The summed E-state index contributed by atoms with van der Waals surface area (Å²) in [6, 6.07) is 1.74. The van der Waals surface area contributed by atoms with Crippen molar-refractivity contribution in [1.29, 1.82) is 0 Å². The molecule has 0 spiro atoms. The lowest BCUT2D eigenvalue weighted by Crippen LogP contribution is -2.29. The van der Waals surface area contributed by atoms with Crippen LogP contribution in [-0.4, -0.2) is 51.7 Å². The second kappa shape index (κ2) is 8.91. The summed E-state index contributed by atoms with van der Waals surface area (Å²) in [5, 5.41) is 7.13. The molecule has 1 saturated carbocycles. The fraction of sp³-hybridized carbons (Fsp3) is 0.381. The molecule has 2 heterocycles. The maximum absolute atomic E-state index is 12.9. The molecule has 0 aliphatic heterocycles. The zero-order valence-corrected chi connectivity index (χ0v) is 19.7. The van der Waals surface area contributed by atoms with E-state index < -0.39 is 38.8 Å². The van der Waals surface area contributed by atoms with Gasteiger partial charge in [-0.15, -0.1) is 18.3 Å². The van der Waals surface area contributed by atoms with Gasteiger partial charge in [-0.25, -0.2) is 18.4 Å². The maximum Gasteiger partial charge on any atom is 0.573 e. The monoisotopic (exact) mass is 510 g/mol. The van der Waals surface area contributed by atoms with Crippen LogP contribution < -0.4 is 10.1 Å². The van der Waals surface area contributed by atoms with Crippen LogP contribution >= 0.6 is 0 Å². The molecule has 10 nitrogen and oxygen atoms in total. The molecule has 2 aromatic heterocycles. The van der Waals surface area contributed by atoms with Crippen molar-refractivity contribution < 1.29 is 31.1 Å². The van der Waals surface area contributed by atoms with Crippen molar-refractivity contribution >= 4 is 15.7 Å². The molecule has 186 valence electrons. The van der Waals surface area contributed by atoms with Crippen molar-refractivity contribution in [3.8, 4) is 11.6 Å². The van der Waals surface area contributed by atoms with E-state index in [-0.39, 0.29) is 11.5 Å². The first-order chi connectivity index (χ1) is 16.3. The lowest BCUT2D eigenvalue weighted by molar-refractivity contribution is -0.274. The van der Waals surface area contributed by atoms with Gasteiger partial charge in [0.15, 0.2) is 27.3 Å². The third-order valence-corrected chi connectivity index (χ3v) is 6.21. The van der Waals surface area contributed by atoms with Gasteiger partial charge in [-0.3, -0.25) is 9.78 Å². The van der Waals surface area contributed by atoms with Gasteiger partial charge < -0.3 is 10.1 Å². The molecule has 1 atom stereocenters. The van der Waals surface area contributed by atoms with E-state index in [0.29, 0.717) is 29.2 Å². The van der Waals surface area contributed by atoms with E-state index in [9.17, 15) is 26.4 Å². The predicted octanol–water partition coefficient (Wildman–Crippen LogP) is 3.04. The number of carbonyl (C=O) groups is 1. The Morgan fingerprint density at radius 2 is 1.91 bits per heavy atom. The number of rotatable bonds is 7. The standard InChI is InChI=1S/C21H21F3N6O4S/c1-11-9-26-17(10-25-11)30-19(28-18(29-30)13-4-5-13)12(2)27-20(31)14-6-15(34-21(22,23)24)8-16(7-14)35(3,32)33/h6-10,12-13H,4-5H2,1-3H3,(H,27,31)/t12-/m0/s1. The molecular formula is C21H21F3N6O4S. The Bertz CT molecular complexity index is 1370. The predicted molar refractivity (Wildman–Crippen MR) is 116 cm³/mol. The Kier molecular flexibility index (Phi) is 6.25. The molecule has 35 heavy (non-hydrogen) atoms. The van der Waals surface area contributed by atoms with Crippen LogP contribution in [0.4, 0.5) is 13.2 Å². The van der Waals surface area contributed by atoms with E-state index in [1.165, 1.54) is 10.9 Å². The molecule has 1 fully saturated rings. The second-order valence-electron chi connectivity index (χ2n) is 8.24. The van der Waals surface area contributed by atoms with Gasteiger partial charge in [0, 0.05) is 17.7 Å². The van der Waals surface area contributed by atoms with Gasteiger partial charge in [-0.1, -0.05) is 0 Å². The van der Waals surface area contributed by atoms with Crippen molar-refractivity contribution in [3.05, 3.63) is 53.5 Å². The van der Waals surface area contributed by atoms with Crippen molar-refractivity contribution in [2.75, 3.05) is 6.26 Å². The average molecular weight is 510 g/mol. The second-order valence-corrected chi connectivity index (χ2v) is 10.3. The van der Waals surface area contributed by atoms with Gasteiger partial charge in [0.2, 0.25) is 0 Å². The number of nitrogens with one attached hydrogen (secondary N) is 1. The number of hydrogen-bond donors (Lipinski definition) is 1. The molecule has 0 bridgehead atoms. The summed E-state index contributed by atoms with van der Waals surface area (Å²) in [5.74, 6) is -0.149. The smallest absolute Gasteiger partial charge is 0.406 e. The van der Waals surface area contributed by atoms with Gasteiger partial charge in [-0.05, 0) is 44.9 Å². The number of aryl methyl sites for hydroxylation is 1. The van der Waals surface area contributed by atoms with E-state index >= 15 is 0 Å². The van der Waals surface area contributed by atoms with Crippen LogP contribution in [-0.2, 0) is 9.84 Å². The normalized spacial score (nSPS) is 15.0. The molecule has 1 aliphatic rings. The summed E-state index contributed by atoms with van der Waals surface area (Å²) in [6.45, 7) is 3.39. The number of alkyl halides is 3. The summed E-state index contributed by atoms with van der Waals surface area (Å²) in [4.78, 5) is 25.5. The highest BCUT2D eigenvalue weighted by atomic mass is 32.2. The first-order valence-electron chi connectivity index (χ1n) is 10.5. The average Bonchev–Trinajstić information content (AvgIpc) is 3.50. The van der Waals surface area contributed by atoms with Gasteiger partial charge in [0.05, 0.1) is 29.0 Å². The zero-order valence-electron chi connectivity index (χ0n) is 18.9. The number of carbonyl (C=O) groups excluding carboxylic acids is 1. The van der Waals surface area contributed by atoms with Crippen LogP contribution in [0.3, 0.4) is 0 Å². The number of nitrogens with zero attached hydrogens (tertiary/aromatic N) is 5. The molecule has 4 rings (SSSR count). The SMILES string of the molecule is Cc1cnc(-n2nc(C3CC3)nc2[C@H](C)NC(=O)c2cc(OC(F)(F)F)cc(S(C)(=O)=O)c2)cn1. The molecule has 1 aromatic carbocycles. The van der Waals surface area contributed by atoms with E-state index in [4.69, 9.17) is 0 Å². The fourth-order valence-corrected chi connectivity index (χ4v) is 3.92. The molecule has 14 heteroatoms. The maximum atomic E-state index is 12.9. The summed E-state index contributed by atoms with van der Waals surface area (Å²) in [5.41, 5.74) is 0.365. The van der Waals surface area contributed by atoms with Crippen LogP contribution in [0, 0.1) is 6.92 Å². The highest BCUT2D eigenvalue weighted by Gasteiger charge is 2.33. The fourth-order valence-electron chi connectivity index (χ4n) is 3.25. The number of benzene rings is 1. The van der Waals surface area contributed by atoms with Gasteiger partial charge in [0.1, 0.15) is 5.75 Å². The van der Waals surface area contributed by atoms with Crippen LogP contribution in [0.15, 0.2) is 35.5 Å². The van der Waals surface area contributed by atoms with Crippen molar-refractivity contribution in [2.45, 2.75) is 49.9 Å². The molecule has 0 radical (unpaired) electrons. The third kappa shape index (κ3) is 5.93. The van der Waals surface area contributed by atoms with Gasteiger partial charge in [0.25, 0.3) is 5.91 Å². The minimum atomic E-state index is -5.07. The molecular weight excluding hydrogens is 489 g/mol. The largest absolute Gasteiger partial charge is 0.573 e. The number of aromatic nitrogens is 5. The molecule has 1 aliphatic carbocycles. The van der Waals surface area contributed by atoms with Gasteiger partial charge >= 0.3 is 6.36 Å². The Labute approximate surface area is 198 Å². The van der Waals surface area contributed by atoms with Crippen LogP contribution in [0.2, 0.25) is 0 Å². The van der Waals surface area contributed by atoms with Crippen molar-refractivity contribution in [2.24, 2.45) is 0 Å². The van der Waals surface area contributed by atoms with E-state index in [1.54, 1.807) is 20.0 Å². The highest BCUT2D eigenvalue weighted by Crippen LogP contribution is 2.38. The number of hydrogen-bond acceptors (Lipinski definition) is 8. The summed E-state index contributed by atoms with van der Waals surface area (Å²) < 4.78 is 67.4. The number of halogens is 3. The number of sulfone groups is 1. The Hall–Kier alpha value is -3.55. The van der Waals surface area contributed by atoms with Crippen LogP contribution in [0.1, 0.15) is 59.4 Å². The molecule has 3 aromatic rings. The molecule has 0 unspecified atom stereocenters. The topological polar surface area (TPSA) is 129 Å². The van der Waals surface area contributed by atoms with Crippen LogP contribution in [0.5, 0.6) is 5.75 Å². The Balaban J connectivity index is 1.65. The zero-order chi connectivity index (χ0) is 25.5. The number of amides is 1. The Morgan fingerprint density at radius 3 is 2.49 bits per heavy atom. The summed E-state index contributed by atoms with van der Waals surface area (Å²) >= 11 is 0. The lowest BCUT2D eigenvalue weighted by atomic mass is 10.2. The Morgan fingerprint density at radius 1 is 1.20 bits per heavy atom. The molecule has 0 saturated heterocycles. The van der Waals surface area contributed by atoms with Crippen molar-refractivity contribution in [1.82, 2.24) is 30.0 Å². The lowest BCUT2D eigenvalue weighted by Gasteiger charge is -2.16. The quantitative estimate of drug-likeness (QED) is 0.514. The summed E-state index contributed by atoms with van der Waals surface area (Å²) in [6.07, 6.45) is 0.680. The minimum absolute atomic E-state index is 0.199. The van der Waals surface area contributed by atoms with E-state index in [0.717, 1.165) is 31.2 Å².